The van der Waals surface area contributed by atoms with Crippen LogP contribution >= 0.6 is 15.9 Å². The third-order valence-electron chi connectivity index (χ3n) is 5.55. The van der Waals surface area contributed by atoms with E-state index < -0.39 is 52.3 Å². The van der Waals surface area contributed by atoms with Gasteiger partial charge in [0, 0.05) is 16.2 Å². The summed E-state index contributed by atoms with van der Waals surface area (Å²) in [5.74, 6) is -1.25. The molecule has 0 saturated carbocycles. The Kier molecular flexibility index (Phi) is 34.8. The molecule has 48 heavy (non-hydrogen) atoms. The van der Waals surface area contributed by atoms with Gasteiger partial charge in [-0.3, -0.25) is 9.59 Å². The molecular formula is C33H53BrCs2N2O10. The molecule has 3 N–H and O–H groups in total. The molecule has 15 heteroatoms. The molecule has 1 aromatic carbocycles. The van der Waals surface area contributed by atoms with Crippen LogP contribution in [0.3, 0.4) is 0 Å². The smallest absolute Gasteiger partial charge is 1.00 e. The second-order valence-corrected chi connectivity index (χ2v) is 13.5. The Morgan fingerprint density at radius 1 is 0.833 bits per heavy atom. The fraction of sp³-hybridized carbons (Fsp3) is 0.545. The number of alkyl carbamates (subject to hydrolysis) is 2. The summed E-state index contributed by atoms with van der Waals surface area (Å²) in [4.78, 5) is 57.0. The summed E-state index contributed by atoms with van der Waals surface area (Å²) in [6.45, 7) is 26.0. The molecule has 0 heterocycles. The summed E-state index contributed by atoms with van der Waals surface area (Å²) in [6.07, 6.45) is 1.80. The zero-order chi connectivity index (χ0) is 36.9. The second kappa shape index (κ2) is 28.9. The van der Waals surface area contributed by atoms with Crippen LogP contribution in [0, 0.1) is 10.8 Å². The molecule has 2 amide bonds. The number of rotatable bonds is 10. The average molecular weight is 984 g/mol. The number of hydrogen-bond donors (Lipinski definition) is 3. The van der Waals surface area contributed by atoms with Crippen LogP contribution in [-0.4, -0.2) is 58.8 Å². The van der Waals surface area contributed by atoms with Gasteiger partial charge in [0.05, 0.1) is 6.04 Å². The van der Waals surface area contributed by atoms with Gasteiger partial charge in [-0.2, -0.15) is 0 Å². The average Bonchev–Trinajstić information content (AvgIpc) is 2.93. The number of ketones is 1. The van der Waals surface area contributed by atoms with E-state index in [-0.39, 0.29) is 151 Å². The Hall–Kier alpha value is 0.394. The summed E-state index contributed by atoms with van der Waals surface area (Å²) in [7, 11) is 0. The number of Topliss-reactive ketones (excluding diaryl/α,β-unsaturated/α-hetero) is 1. The van der Waals surface area contributed by atoms with Crippen LogP contribution in [0.15, 0.2) is 55.6 Å². The summed E-state index contributed by atoms with van der Waals surface area (Å²) in [5, 5.41) is 23.4. The number of carboxylic acids is 1. The van der Waals surface area contributed by atoms with E-state index in [4.69, 9.17) is 24.6 Å². The molecule has 0 fully saturated rings. The van der Waals surface area contributed by atoms with E-state index in [1.807, 2.05) is 32.0 Å². The Morgan fingerprint density at radius 2 is 1.17 bits per heavy atom. The molecule has 0 saturated heterocycles. The molecular weight excluding hydrogens is 930 g/mol. The first-order chi connectivity index (χ1) is 20.8. The summed E-state index contributed by atoms with van der Waals surface area (Å²) in [5.41, 5.74) is -1.19. The molecule has 0 spiro atoms. The number of nitrogens with one attached hydrogen (secondary N) is 2. The number of ether oxygens (including phenoxy) is 2. The van der Waals surface area contributed by atoms with Crippen molar-refractivity contribution in [3.63, 3.8) is 0 Å². The molecule has 0 aliphatic heterocycles. The largest absolute Gasteiger partial charge is 1.00 e. The van der Waals surface area contributed by atoms with Gasteiger partial charge in [-0.25, -0.2) is 14.4 Å². The molecule has 0 aromatic heterocycles. The SMILES string of the molecule is BrCc1ccccc1.C=CC(C)(C)[C@H](NC(=O)OC(C)(C)C)C(=O)O.C=CC(C)(C)[C@H](NC(=O)OC(C)(C)C)C(C)=O.O=CO[O-].[Cs+].[Cs+].[H-]. The minimum atomic E-state index is -1.12. The topological polar surface area (TPSA) is 180 Å². The van der Waals surface area contributed by atoms with Gasteiger partial charge >= 0.3 is 156 Å². The number of alkyl halides is 1. The number of aliphatic carboxylic acids is 1. The number of carbonyl (C=O) groups is 5. The molecule has 0 radical (unpaired) electrons. The van der Waals surface area contributed by atoms with Crippen molar-refractivity contribution in [2.24, 2.45) is 10.8 Å². The number of halogens is 1. The predicted octanol–water partition coefficient (Wildman–Crippen LogP) is -0.00590. The van der Waals surface area contributed by atoms with Gasteiger partial charge in [0.1, 0.15) is 17.2 Å². The number of amides is 2. The van der Waals surface area contributed by atoms with E-state index >= 15 is 0 Å². The zero-order valence-corrected chi connectivity index (χ0v) is 45.0. The maximum Gasteiger partial charge on any atom is 1.00 e. The minimum absolute atomic E-state index is 0. The zero-order valence-electron chi connectivity index (χ0n) is 31.9. The third-order valence-corrected chi connectivity index (χ3v) is 6.20. The van der Waals surface area contributed by atoms with E-state index in [0.717, 1.165) is 5.33 Å². The van der Waals surface area contributed by atoms with E-state index in [2.05, 4.69) is 56.7 Å². The van der Waals surface area contributed by atoms with Gasteiger partial charge in [-0.05, 0) is 54.0 Å². The molecule has 0 aliphatic carbocycles. The number of hydrogen-bond acceptors (Lipinski definition) is 9. The van der Waals surface area contributed by atoms with Gasteiger partial charge in [-0.15, -0.1) is 13.2 Å². The third kappa shape index (κ3) is 31.2. The molecule has 1 rings (SSSR count). The molecule has 2 atom stereocenters. The van der Waals surface area contributed by atoms with E-state index in [1.165, 1.54) is 18.6 Å². The van der Waals surface area contributed by atoms with Gasteiger partial charge in [0.2, 0.25) is 0 Å². The Bertz CT molecular complexity index is 1060. The Balaban J connectivity index is -0.000000136. The van der Waals surface area contributed by atoms with E-state index in [0.29, 0.717) is 0 Å². The van der Waals surface area contributed by atoms with Crippen LogP contribution in [0.2, 0.25) is 0 Å². The molecule has 12 nitrogen and oxygen atoms in total. The van der Waals surface area contributed by atoms with Crippen molar-refractivity contribution in [3.8, 4) is 0 Å². The standard InChI is InChI=1S/C13H23NO3.C12H21NO4.C7H7Br.CH2O3.2Cs.H/c1-8-13(6,7)10(9(2)15)14-11(16)17-12(3,4)5;1-7-12(5,6)8(9(14)15)13-10(16)17-11(2,3)4;8-6-7-4-2-1-3-5-7;2-1-4-3;;;/h8,10H,1H2,2-7H3,(H,14,16);7-8H,1H2,2-6H3,(H,13,16)(H,14,15);1-5H,6H2;1,3H;;;/q;;;;2*+1;-1/p-1/t10-;8-;;;;;/m11...../s1. The number of carboxylic acid groups (broad SMARTS) is 1. The predicted molar refractivity (Wildman–Crippen MR) is 180 cm³/mol. The molecule has 264 valence electrons. The van der Waals surface area contributed by atoms with Crippen molar-refractivity contribution < 1.29 is 188 Å². The fourth-order valence-corrected chi connectivity index (χ4v) is 3.40. The number of carbonyl (C=O) groups excluding carboxylic acids is 4. The first-order valence-corrected chi connectivity index (χ1v) is 15.3. The van der Waals surface area contributed by atoms with Gasteiger partial charge in [-0.1, -0.05) is 86.1 Å². The summed E-state index contributed by atoms with van der Waals surface area (Å²) in [6, 6.07) is 8.58. The molecule has 0 aliphatic rings. The Morgan fingerprint density at radius 3 is 1.40 bits per heavy atom. The van der Waals surface area contributed by atoms with Gasteiger partial charge < -0.3 is 36.8 Å². The fourth-order valence-electron chi connectivity index (χ4n) is 3.03. The van der Waals surface area contributed by atoms with Crippen LogP contribution in [0.1, 0.15) is 83.2 Å². The monoisotopic (exact) mass is 982 g/mol. The van der Waals surface area contributed by atoms with Crippen LogP contribution in [0.4, 0.5) is 9.59 Å². The Labute approximate surface area is 414 Å². The van der Waals surface area contributed by atoms with Gasteiger partial charge in [0.15, 0.2) is 5.78 Å². The summed E-state index contributed by atoms with van der Waals surface area (Å²) >= 11 is 3.36. The maximum atomic E-state index is 11.6. The number of benzene rings is 1. The van der Waals surface area contributed by atoms with E-state index in [1.54, 1.807) is 61.5 Å². The molecule has 1 aromatic rings. The van der Waals surface area contributed by atoms with Crippen molar-refractivity contribution >= 4 is 46.3 Å². The van der Waals surface area contributed by atoms with Crippen molar-refractivity contribution in [2.75, 3.05) is 0 Å². The maximum absolute atomic E-state index is 11.6. The second-order valence-electron chi connectivity index (χ2n) is 13.0. The normalized spacial score (nSPS) is 11.7. The van der Waals surface area contributed by atoms with Crippen LogP contribution in [-0.2, 0) is 34.1 Å². The van der Waals surface area contributed by atoms with Crippen LogP contribution in [0.25, 0.3) is 0 Å². The van der Waals surface area contributed by atoms with Crippen LogP contribution < -0.4 is 154 Å². The van der Waals surface area contributed by atoms with E-state index in [9.17, 15) is 19.2 Å². The quantitative estimate of drug-likeness (QED) is 0.0951. The van der Waals surface area contributed by atoms with Crippen molar-refractivity contribution in [3.05, 3.63) is 61.2 Å². The van der Waals surface area contributed by atoms with Crippen molar-refractivity contribution in [1.29, 1.82) is 0 Å². The van der Waals surface area contributed by atoms with Crippen molar-refractivity contribution in [2.45, 2.75) is 105 Å². The van der Waals surface area contributed by atoms with Gasteiger partial charge in [0.25, 0.3) is 6.47 Å². The molecule has 0 bridgehead atoms. The first-order valence-electron chi connectivity index (χ1n) is 14.2. The first kappa shape index (κ1) is 57.7. The summed E-state index contributed by atoms with van der Waals surface area (Å²) < 4.78 is 10.1. The van der Waals surface area contributed by atoms with Crippen molar-refractivity contribution in [1.82, 2.24) is 10.6 Å². The minimum Gasteiger partial charge on any atom is -1.00 e. The van der Waals surface area contributed by atoms with Crippen LogP contribution in [0.5, 0.6) is 0 Å². The molecule has 0 unspecified atom stereocenters.